The van der Waals surface area contributed by atoms with Gasteiger partial charge in [0.1, 0.15) is 0 Å². The SMILES string of the molecule is OC(Cc1scnc1C1CC1)C(F)(F)F. The molecule has 1 unspecified atom stereocenters. The van der Waals surface area contributed by atoms with E-state index >= 15 is 0 Å². The summed E-state index contributed by atoms with van der Waals surface area (Å²) in [5.74, 6) is 0.326. The Bertz CT molecular complexity index is 345. The molecule has 2 rings (SSSR count). The van der Waals surface area contributed by atoms with Crippen molar-refractivity contribution in [2.24, 2.45) is 0 Å². The van der Waals surface area contributed by atoms with Crippen LogP contribution in [0.1, 0.15) is 29.3 Å². The monoisotopic (exact) mass is 237 g/mol. The van der Waals surface area contributed by atoms with Gasteiger partial charge in [-0.05, 0) is 12.8 Å². The van der Waals surface area contributed by atoms with E-state index < -0.39 is 12.3 Å². The highest BCUT2D eigenvalue weighted by atomic mass is 32.1. The number of nitrogens with zero attached hydrogens (tertiary/aromatic N) is 1. The molecule has 0 spiro atoms. The Labute approximate surface area is 88.8 Å². The molecule has 1 aliphatic rings. The van der Waals surface area contributed by atoms with Gasteiger partial charge in [0.25, 0.3) is 0 Å². The third-order valence-electron chi connectivity index (χ3n) is 2.39. The van der Waals surface area contributed by atoms with Gasteiger partial charge < -0.3 is 5.11 Å². The average molecular weight is 237 g/mol. The molecule has 1 aliphatic carbocycles. The fourth-order valence-electron chi connectivity index (χ4n) is 1.41. The van der Waals surface area contributed by atoms with Crippen molar-refractivity contribution in [2.45, 2.75) is 37.5 Å². The molecule has 6 heteroatoms. The van der Waals surface area contributed by atoms with Crippen LogP contribution >= 0.6 is 11.3 Å². The molecule has 1 aromatic heterocycles. The summed E-state index contributed by atoms with van der Waals surface area (Å²) in [6, 6.07) is 0. The minimum absolute atomic E-state index is 0.326. The number of aliphatic hydroxyl groups is 1. The summed E-state index contributed by atoms with van der Waals surface area (Å²) in [4.78, 5) is 4.62. The van der Waals surface area contributed by atoms with Gasteiger partial charge in [0, 0.05) is 17.2 Å². The fraction of sp³-hybridized carbons (Fsp3) is 0.667. The zero-order chi connectivity index (χ0) is 11.1. The molecule has 0 amide bonds. The molecule has 1 aromatic rings. The van der Waals surface area contributed by atoms with E-state index in [1.54, 1.807) is 5.51 Å². The Morgan fingerprint density at radius 1 is 1.53 bits per heavy atom. The van der Waals surface area contributed by atoms with Crippen LogP contribution in [-0.2, 0) is 6.42 Å². The van der Waals surface area contributed by atoms with E-state index in [0.717, 1.165) is 18.5 Å². The highest BCUT2D eigenvalue weighted by molar-refractivity contribution is 7.09. The molecule has 0 aliphatic heterocycles. The van der Waals surface area contributed by atoms with Crippen molar-refractivity contribution < 1.29 is 18.3 Å². The lowest BCUT2D eigenvalue weighted by Gasteiger charge is -2.13. The quantitative estimate of drug-likeness (QED) is 0.876. The fourth-order valence-corrected chi connectivity index (χ4v) is 2.30. The summed E-state index contributed by atoms with van der Waals surface area (Å²) in [5.41, 5.74) is 2.30. The molecule has 1 saturated carbocycles. The van der Waals surface area contributed by atoms with E-state index in [4.69, 9.17) is 5.11 Å². The average Bonchev–Trinajstić information content (AvgIpc) is 2.86. The molecular weight excluding hydrogens is 227 g/mol. The zero-order valence-corrected chi connectivity index (χ0v) is 8.61. The highest BCUT2D eigenvalue weighted by Gasteiger charge is 2.39. The second-order valence-electron chi connectivity index (χ2n) is 3.70. The maximum atomic E-state index is 12.1. The van der Waals surface area contributed by atoms with Crippen molar-refractivity contribution in [1.82, 2.24) is 4.98 Å². The third kappa shape index (κ3) is 2.49. The molecule has 84 valence electrons. The topological polar surface area (TPSA) is 33.1 Å². The molecule has 2 nitrogen and oxygen atoms in total. The molecule has 15 heavy (non-hydrogen) atoms. The molecule has 1 heterocycles. The van der Waals surface area contributed by atoms with Crippen LogP contribution in [-0.4, -0.2) is 22.4 Å². The molecular formula is C9H10F3NOS. The first-order valence-corrected chi connectivity index (χ1v) is 5.53. The Kier molecular flexibility index (Phi) is 2.72. The lowest BCUT2D eigenvalue weighted by Crippen LogP contribution is -2.30. The van der Waals surface area contributed by atoms with Crippen molar-refractivity contribution in [1.29, 1.82) is 0 Å². The van der Waals surface area contributed by atoms with E-state index in [1.165, 1.54) is 11.3 Å². The molecule has 0 bridgehead atoms. The Morgan fingerprint density at radius 2 is 2.20 bits per heavy atom. The van der Waals surface area contributed by atoms with Crippen LogP contribution in [0.5, 0.6) is 0 Å². The third-order valence-corrected chi connectivity index (χ3v) is 3.26. The molecule has 0 saturated heterocycles. The number of aromatic nitrogens is 1. The predicted octanol–water partition coefficient (Wildman–Crippen LogP) is 2.49. The van der Waals surface area contributed by atoms with Gasteiger partial charge in [-0.1, -0.05) is 0 Å². The maximum Gasteiger partial charge on any atom is 0.414 e. The molecule has 1 N–H and O–H groups in total. The smallest absolute Gasteiger partial charge is 0.383 e. The summed E-state index contributed by atoms with van der Waals surface area (Å²) < 4.78 is 36.4. The molecule has 0 aromatic carbocycles. The van der Waals surface area contributed by atoms with Gasteiger partial charge in [0.15, 0.2) is 6.10 Å². The number of halogens is 3. The second-order valence-corrected chi connectivity index (χ2v) is 4.64. The lowest BCUT2D eigenvalue weighted by molar-refractivity contribution is -0.202. The van der Waals surface area contributed by atoms with Crippen molar-refractivity contribution >= 4 is 11.3 Å². The molecule has 1 fully saturated rings. The van der Waals surface area contributed by atoms with Crippen molar-refractivity contribution in [2.75, 3.05) is 0 Å². The van der Waals surface area contributed by atoms with E-state index in [1.807, 2.05) is 0 Å². The first kappa shape index (κ1) is 10.9. The second kappa shape index (κ2) is 3.75. The van der Waals surface area contributed by atoms with Crippen LogP contribution in [0.4, 0.5) is 13.2 Å². The lowest BCUT2D eigenvalue weighted by atomic mass is 10.1. The van der Waals surface area contributed by atoms with E-state index in [0.29, 0.717) is 10.8 Å². The summed E-state index contributed by atoms with van der Waals surface area (Å²) in [5, 5.41) is 8.94. The molecule has 1 atom stereocenters. The largest absolute Gasteiger partial charge is 0.414 e. The Hall–Kier alpha value is -0.620. The number of hydrogen-bond acceptors (Lipinski definition) is 3. The minimum atomic E-state index is -4.54. The van der Waals surface area contributed by atoms with Crippen molar-refractivity contribution in [3.8, 4) is 0 Å². The van der Waals surface area contributed by atoms with E-state index in [-0.39, 0.29) is 6.42 Å². The number of hydrogen-bond donors (Lipinski definition) is 1. The Morgan fingerprint density at radius 3 is 2.73 bits per heavy atom. The normalized spacial score (nSPS) is 19.2. The van der Waals surface area contributed by atoms with Crippen LogP contribution in [0.15, 0.2) is 5.51 Å². The number of aliphatic hydroxyl groups excluding tert-OH is 1. The summed E-state index contributed by atoms with van der Waals surface area (Å²) in [6.07, 6.45) is -5.17. The van der Waals surface area contributed by atoms with Gasteiger partial charge in [-0.2, -0.15) is 13.2 Å². The summed E-state index contributed by atoms with van der Waals surface area (Å²) in [6.45, 7) is 0. The van der Waals surface area contributed by atoms with E-state index in [2.05, 4.69) is 4.98 Å². The van der Waals surface area contributed by atoms with Gasteiger partial charge in [0.2, 0.25) is 0 Å². The first-order chi connectivity index (χ1) is 6.98. The van der Waals surface area contributed by atoms with Gasteiger partial charge in [-0.3, -0.25) is 0 Å². The van der Waals surface area contributed by atoms with Gasteiger partial charge in [-0.25, -0.2) is 4.98 Å². The molecule has 0 radical (unpaired) electrons. The van der Waals surface area contributed by atoms with Crippen molar-refractivity contribution in [3.63, 3.8) is 0 Å². The maximum absolute atomic E-state index is 12.1. The van der Waals surface area contributed by atoms with Crippen molar-refractivity contribution in [3.05, 3.63) is 16.1 Å². The number of alkyl halides is 3. The van der Waals surface area contributed by atoms with E-state index in [9.17, 15) is 13.2 Å². The van der Waals surface area contributed by atoms with Crippen LogP contribution in [0.3, 0.4) is 0 Å². The van der Waals surface area contributed by atoms with Gasteiger partial charge in [-0.15, -0.1) is 11.3 Å². The van der Waals surface area contributed by atoms with Gasteiger partial charge >= 0.3 is 6.18 Å². The number of rotatable bonds is 3. The predicted molar refractivity (Wildman–Crippen MR) is 49.9 cm³/mol. The first-order valence-electron chi connectivity index (χ1n) is 4.65. The van der Waals surface area contributed by atoms with Crippen LogP contribution in [0.2, 0.25) is 0 Å². The van der Waals surface area contributed by atoms with Crippen LogP contribution in [0, 0.1) is 0 Å². The summed E-state index contributed by atoms with van der Waals surface area (Å²) >= 11 is 1.19. The standard InChI is InChI=1S/C9H10F3NOS/c10-9(11,12)7(14)3-6-8(5-1-2-5)13-4-15-6/h4-5,7,14H,1-3H2. The summed E-state index contributed by atoms with van der Waals surface area (Å²) in [7, 11) is 0. The number of thiazole rings is 1. The Balaban J connectivity index is 2.07. The highest BCUT2D eigenvalue weighted by Crippen LogP contribution is 2.42. The van der Waals surface area contributed by atoms with Crippen LogP contribution in [0.25, 0.3) is 0 Å². The zero-order valence-electron chi connectivity index (χ0n) is 7.79. The van der Waals surface area contributed by atoms with Crippen LogP contribution < -0.4 is 0 Å². The minimum Gasteiger partial charge on any atom is -0.383 e. The van der Waals surface area contributed by atoms with Gasteiger partial charge in [0.05, 0.1) is 11.2 Å².